The largest absolute Gasteiger partial charge is 0.319 e. The van der Waals surface area contributed by atoms with Gasteiger partial charge in [-0.2, -0.15) is 0 Å². The van der Waals surface area contributed by atoms with Gasteiger partial charge in [-0.15, -0.1) is 5.10 Å². The number of carbonyl (C=O) groups is 1. The smallest absolute Gasteiger partial charge is 0.295 e. The molecule has 7 heteroatoms. The van der Waals surface area contributed by atoms with Gasteiger partial charge in [0.05, 0.1) is 5.69 Å². The summed E-state index contributed by atoms with van der Waals surface area (Å²) < 4.78 is 2.57. The first kappa shape index (κ1) is 20.3. The van der Waals surface area contributed by atoms with Gasteiger partial charge in [0.2, 0.25) is 5.82 Å². The lowest BCUT2D eigenvalue weighted by atomic mass is 10.1. The molecule has 150 valence electrons. The van der Waals surface area contributed by atoms with Gasteiger partial charge >= 0.3 is 0 Å². The maximum Gasteiger partial charge on any atom is 0.295 e. The van der Waals surface area contributed by atoms with E-state index in [1.54, 1.807) is 10.7 Å². The van der Waals surface area contributed by atoms with Crippen molar-refractivity contribution in [2.45, 2.75) is 13.8 Å². The number of hydrogen-bond acceptors (Lipinski definition) is 3. The second-order valence-electron chi connectivity index (χ2n) is 6.94. The number of halogens is 2. The molecule has 0 atom stereocenters. The number of rotatable bonds is 4. The number of benzene rings is 3. The normalized spacial score (nSPS) is 10.8. The zero-order valence-electron chi connectivity index (χ0n) is 16.4. The van der Waals surface area contributed by atoms with Crippen LogP contribution in [0.3, 0.4) is 0 Å². The summed E-state index contributed by atoms with van der Waals surface area (Å²) in [5.41, 5.74) is 4.40. The summed E-state index contributed by atoms with van der Waals surface area (Å²) in [5, 5.41) is 7.98. The minimum Gasteiger partial charge on any atom is -0.319 e. The summed E-state index contributed by atoms with van der Waals surface area (Å²) in [6.07, 6.45) is 0. The lowest BCUT2D eigenvalue weighted by Gasteiger charge is -2.10. The van der Waals surface area contributed by atoms with Crippen LogP contribution >= 0.6 is 27.5 Å². The molecule has 0 aliphatic rings. The van der Waals surface area contributed by atoms with Crippen molar-refractivity contribution in [3.8, 4) is 17.1 Å². The van der Waals surface area contributed by atoms with Gasteiger partial charge in [0.25, 0.3) is 5.91 Å². The molecular weight excluding hydrogens is 464 g/mol. The van der Waals surface area contributed by atoms with Crippen molar-refractivity contribution in [3.63, 3.8) is 0 Å². The highest BCUT2D eigenvalue weighted by Crippen LogP contribution is 2.26. The third-order valence-electron chi connectivity index (χ3n) is 4.57. The van der Waals surface area contributed by atoms with Crippen molar-refractivity contribution in [2.75, 3.05) is 5.32 Å². The molecule has 1 heterocycles. The monoisotopic (exact) mass is 480 g/mol. The Kier molecular flexibility index (Phi) is 5.70. The topological polar surface area (TPSA) is 59.8 Å². The molecule has 0 unspecified atom stereocenters. The molecule has 30 heavy (non-hydrogen) atoms. The highest BCUT2D eigenvalue weighted by atomic mass is 79.9. The molecule has 5 nitrogen and oxygen atoms in total. The standard InChI is InChI=1S/C23H18BrClN4O/c1-14-9-10-15(2)20(11-14)29-22(16-5-3-7-18(25)12-16)27-21(28-29)23(30)26-19-8-4-6-17(24)13-19/h3-13H,1-2H3,(H,26,30). The molecule has 0 fully saturated rings. The van der Waals surface area contributed by atoms with Crippen molar-refractivity contribution >= 4 is 39.1 Å². The van der Waals surface area contributed by atoms with Gasteiger partial charge in [-0.05, 0) is 61.4 Å². The molecule has 0 saturated heterocycles. The third kappa shape index (κ3) is 4.30. The maximum atomic E-state index is 12.9. The molecule has 0 spiro atoms. The summed E-state index contributed by atoms with van der Waals surface area (Å²) in [7, 11) is 0. The molecule has 1 aromatic heterocycles. The van der Waals surface area contributed by atoms with Gasteiger partial charge in [-0.1, -0.05) is 57.9 Å². The second kappa shape index (κ2) is 8.42. The maximum absolute atomic E-state index is 12.9. The van der Waals surface area contributed by atoms with E-state index in [2.05, 4.69) is 31.3 Å². The number of anilines is 1. The van der Waals surface area contributed by atoms with Gasteiger partial charge in [-0.3, -0.25) is 4.79 Å². The van der Waals surface area contributed by atoms with E-state index in [0.717, 1.165) is 26.9 Å². The van der Waals surface area contributed by atoms with Crippen LogP contribution < -0.4 is 5.32 Å². The lowest BCUT2D eigenvalue weighted by molar-refractivity contribution is 0.101. The van der Waals surface area contributed by atoms with Crippen molar-refractivity contribution in [3.05, 3.63) is 93.2 Å². The summed E-state index contributed by atoms with van der Waals surface area (Å²) in [4.78, 5) is 17.4. The van der Waals surface area contributed by atoms with E-state index < -0.39 is 0 Å². The average molecular weight is 482 g/mol. The minimum atomic E-state index is -0.388. The molecule has 0 bridgehead atoms. The first-order valence-corrected chi connectivity index (χ1v) is 10.5. The van der Waals surface area contributed by atoms with Crippen LogP contribution in [0.25, 0.3) is 17.1 Å². The zero-order chi connectivity index (χ0) is 21.3. The van der Waals surface area contributed by atoms with Crippen LogP contribution in [0, 0.1) is 13.8 Å². The van der Waals surface area contributed by atoms with E-state index in [0.29, 0.717) is 16.5 Å². The fraction of sp³-hybridized carbons (Fsp3) is 0.0870. The van der Waals surface area contributed by atoms with Gasteiger partial charge in [-0.25, -0.2) is 9.67 Å². The average Bonchev–Trinajstić information content (AvgIpc) is 3.15. The van der Waals surface area contributed by atoms with Crippen LogP contribution in [-0.4, -0.2) is 20.7 Å². The zero-order valence-corrected chi connectivity index (χ0v) is 18.7. The van der Waals surface area contributed by atoms with E-state index in [-0.39, 0.29) is 11.7 Å². The third-order valence-corrected chi connectivity index (χ3v) is 5.30. The Labute approximate surface area is 187 Å². The van der Waals surface area contributed by atoms with Crippen molar-refractivity contribution in [1.82, 2.24) is 14.8 Å². The SMILES string of the molecule is Cc1ccc(C)c(-n2nc(C(=O)Nc3cccc(Br)c3)nc2-c2cccc(Cl)c2)c1. The van der Waals surface area contributed by atoms with Gasteiger partial charge < -0.3 is 5.32 Å². The Hall–Kier alpha value is -2.96. The number of nitrogens with one attached hydrogen (secondary N) is 1. The lowest BCUT2D eigenvalue weighted by Crippen LogP contribution is -2.14. The first-order chi connectivity index (χ1) is 14.4. The van der Waals surface area contributed by atoms with Crippen LogP contribution in [0.4, 0.5) is 5.69 Å². The fourth-order valence-electron chi connectivity index (χ4n) is 3.09. The number of aromatic nitrogens is 3. The van der Waals surface area contributed by atoms with E-state index in [1.165, 1.54) is 0 Å². The summed E-state index contributed by atoms with van der Waals surface area (Å²) in [6, 6.07) is 20.8. The number of nitrogens with zero attached hydrogens (tertiary/aromatic N) is 3. The molecule has 0 saturated carbocycles. The quantitative estimate of drug-likeness (QED) is 0.376. The van der Waals surface area contributed by atoms with Crippen molar-refractivity contribution in [1.29, 1.82) is 0 Å². The van der Waals surface area contributed by atoms with Gasteiger partial charge in [0.15, 0.2) is 5.82 Å². The van der Waals surface area contributed by atoms with E-state index in [9.17, 15) is 4.79 Å². The van der Waals surface area contributed by atoms with Crippen LogP contribution in [0.2, 0.25) is 5.02 Å². The van der Waals surface area contributed by atoms with Crippen LogP contribution in [0.15, 0.2) is 71.2 Å². The highest BCUT2D eigenvalue weighted by Gasteiger charge is 2.20. The Morgan fingerprint density at radius 2 is 1.83 bits per heavy atom. The Balaban J connectivity index is 1.81. The molecule has 1 N–H and O–H groups in total. The van der Waals surface area contributed by atoms with E-state index in [1.807, 2.05) is 74.5 Å². The van der Waals surface area contributed by atoms with Crippen LogP contribution in [-0.2, 0) is 0 Å². The molecular formula is C23H18BrClN4O. The molecule has 0 aliphatic heterocycles. The predicted molar refractivity (Wildman–Crippen MR) is 123 cm³/mol. The fourth-order valence-corrected chi connectivity index (χ4v) is 3.68. The molecule has 4 aromatic rings. The summed E-state index contributed by atoms with van der Waals surface area (Å²) in [5.74, 6) is 0.233. The van der Waals surface area contributed by atoms with E-state index in [4.69, 9.17) is 11.6 Å². The number of aryl methyl sites for hydroxylation is 2. The predicted octanol–water partition coefficient (Wildman–Crippen LogP) is 6.22. The molecule has 3 aromatic carbocycles. The summed E-state index contributed by atoms with van der Waals surface area (Å²) in [6.45, 7) is 4.01. The molecule has 0 aliphatic carbocycles. The highest BCUT2D eigenvalue weighted by molar-refractivity contribution is 9.10. The molecule has 4 rings (SSSR count). The molecule has 0 radical (unpaired) electrons. The Morgan fingerprint density at radius 1 is 1.03 bits per heavy atom. The second-order valence-corrected chi connectivity index (χ2v) is 8.29. The number of carbonyl (C=O) groups excluding carboxylic acids is 1. The van der Waals surface area contributed by atoms with Crippen molar-refractivity contribution < 1.29 is 4.79 Å². The number of amides is 1. The van der Waals surface area contributed by atoms with Gasteiger partial charge in [0.1, 0.15) is 0 Å². The Bertz CT molecular complexity index is 1250. The Morgan fingerprint density at radius 3 is 2.60 bits per heavy atom. The van der Waals surface area contributed by atoms with Gasteiger partial charge in [0, 0.05) is 20.7 Å². The molecule has 1 amide bonds. The first-order valence-electron chi connectivity index (χ1n) is 9.28. The van der Waals surface area contributed by atoms with Crippen LogP contribution in [0.5, 0.6) is 0 Å². The van der Waals surface area contributed by atoms with E-state index >= 15 is 0 Å². The number of hydrogen-bond donors (Lipinski definition) is 1. The van der Waals surface area contributed by atoms with Crippen molar-refractivity contribution in [2.24, 2.45) is 0 Å². The minimum absolute atomic E-state index is 0.0749. The summed E-state index contributed by atoms with van der Waals surface area (Å²) >= 11 is 9.61. The van der Waals surface area contributed by atoms with Crippen LogP contribution in [0.1, 0.15) is 21.7 Å².